The highest BCUT2D eigenvalue weighted by molar-refractivity contribution is 7.80. The van der Waals surface area contributed by atoms with Crippen LogP contribution in [-0.2, 0) is 12.0 Å². The lowest BCUT2D eigenvalue weighted by Gasteiger charge is -2.35. The molecule has 0 saturated carbocycles. The molecule has 0 amide bonds. The molecular weight excluding hydrogens is 208 g/mol. The first-order valence-corrected chi connectivity index (χ1v) is 5.89. The van der Waals surface area contributed by atoms with E-state index in [4.69, 9.17) is 4.42 Å². The van der Waals surface area contributed by atoms with Gasteiger partial charge in [0.2, 0.25) is 0 Å². The lowest BCUT2D eigenvalue weighted by molar-refractivity contribution is 0.00860. The van der Waals surface area contributed by atoms with Crippen LogP contribution in [0.1, 0.15) is 38.5 Å². The minimum Gasteiger partial charge on any atom is -0.455 e. The molecule has 2 rings (SSSR count). The van der Waals surface area contributed by atoms with E-state index in [0.29, 0.717) is 16.9 Å². The van der Waals surface area contributed by atoms with Crippen LogP contribution >= 0.6 is 12.6 Å². The second-order valence-electron chi connectivity index (χ2n) is 5.11. The standard InChI is InChI=1S/C12H18O2S/c1-7(2)8-4-10-9(5-11(15)14-10)12(3,13)6-8/h5,7-8,13,15H,4,6H2,1-3H3. The summed E-state index contributed by atoms with van der Waals surface area (Å²) in [6.45, 7) is 6.25. The van der Waals surface area contributed by atoms with E-state index in [2.05, 4.69) is 26.5 Å². The molecule has 1 aliphatic rings. The van der Waals surface area contributed by atoms with Gasteiger partial charge in [-0.1, -0.05) is 13.8 Å². The minimum atomic E-state index is -0.757. The van der Waals surface area contributed by atoms with E-state index < -0.39 is 5.60 Å². The molecule has 3 heteroatoms. The SMILES string of the molecule is CC(C)C1Cc2oc(S)cc2C(C)(O)C1. The van der Waals surface area contributed by atoms with Crippen molar-refractivity contribution in [2.45, 2.75) is 44.3 Å². The molecule has 2 nitrogen and oxygen atoms in total. The Morgan fingerprint density at radius 1 is 1.60 bits per heavy atom. The Morgan fingerprint density at radius 2 is 2.27 bits per heavy atom. The maximum Gasteiger partial charge on any atom is 0.157 e. The molecule has 1 heterocycles. The molecule has 0 aromatic carbocycles. The van der Waals surface area contributed by atoms with Gasteiger partial charge >= 0.3 is 0 Å². The summed E-state index contributed by atoms with van der Waals surface area (Å²) in [5, 5.41) is 11.0. The van der Waals surface area contributed by atoms with Crippen molar-refractivity contribution >= 4 is 12.6 Å². The molecule has 1 aromatic rings. The number of furan rings is 1. The lowest BCUT2D eigenvalue weighted by Crippen LogP contribution is -2.33. The number of hydrogen-bond acceptors (Lipinski definition) is 3. The Kier molecular flexibility index (Phi) is 2.63. The van der Waals surface area contributed by atoms with Gasteiger partial charge in [-0.05, 0) is 31.2 Å². The fourth-order valence-electron chi connectivity index (χ4n) is 2.42. The second kappa shape index (κ2) is 3.56. The third-order valence-electron chi connectivity index (χ3n) is 3.43. The fourth-order valence-corrected chi connectivity index (χ4v) is 2.66. The molecule has 2 unspecified atom stereocenters. The maximum absolute atomic E-state index is 10.4. The Labute approximate surface area is 96.1 Å². The highest BCUT2D eigenvalue weighted by Crippen LogP contribution is 2.42. The van der Waals surface area contributed by atoms with Gasteiger partial charge in [0.1, 0.15) is 5.76 Å². The molecule has 0 saturated heterocycles. The first-order chi connectivity index (χ1) is 6.90. The Bertz CT molecular complexity index is 366. The van der Waals surface area contributed by atoms with Crippen molar-refractivity contribution in [2.24, 2.45) is 11.8 Å². The number of fused-ring (bicyclic) bond motifs is 1. The summed E-state index contributed by atoms with van der Waals surface area (Å²) in [5.41, 5.74) is 0.164. The molecule has 15 heavy (non-hydrogen) atoms. The van der Waals surface area contributed by atoms with Gasteiger partial charge in [-0.25, -0.2) is 0 Å². The van der Waals surface area contributed by atoms with Crippen LogP contribution in [0.5, 0.6) is 0 Å². The summed E-state index contributed by atoms with van der Waals surface area (Å²) < 4.78 is 5.53. The maximum atomic E-state index is 10.4. The summed E-state index contributed by atoms with van der Waals surface area (Å²) in [4.78, 5) is 0. The largest absolute Gasteiger partial charge is 0.455 e. The smallest absolute Gasteiger partial charge is 0.157 e. The van der Waals surface area contributed by atoms with Crippen LogP contribution in [0.3, 0.4) is 0 Å². The van der Waals surface area contributed by atoms with Crippen molar-refractivity contribution in [1.29, 1.82) is 0 Å². The van der Waals surface area contributed by atoms with E-state index >= 15 is 0 Å². The summed E-state index contributed by atoms with van der Waals surface area (Å²) in [7, 11) is 0. The zero-order chi connectivity index (χ0) is 11.2. The minimum absolute atomic E-state index is 0.492. The monoisotopic (exact) mass is 226 g/mol. The number of hydrogen-bond donors (Lipinski definition) is 2. The van der Waals surface area contributed by atoms with Gasteiger partial charge in [0.25, 0.3) is 0 Å². The highest BCUT2D eigenvalue weighted by Gasteiger charge is 2.38. The van der Waals surface area contributed by atoms with Gasteiger partial charge in [-0.15, -0.1) is 12.6 Å². The van der Waals surface area contributed by atoms with Crippen LogP contribution in [0.2, 0.25) is 0 Å². The number of rotatable bonds is 1. The van der Waals surface area contributed by atoms with E-state index in [1.165, 1.54) is 0 Å². The zero-order valence-electron chi connectivity index (χ0n) is 9.45. The van der Waals surface area contributed by atoms with Gasteiger partial charge in [0.15, 0.2) is 5.09 Å². The topological polar surface area (TPSA) is 33.4 Å². The van der Waals surface area contributed by atoms with Gasteiger partial charge in [-0.3, -0.25) is 0 Å². The predicted octanol–water partition coefficient (Wildman–Crippen LogP) is 2.99. The van der Waals surface area contributed by atoms with Gasteiger partial charge in [0.05, 0.1) is 5.60 Å². The molecule has 1 aromatic heterocycles. The van der Waals surface area contributed by atoms with Crippen molar-refractivity contribution in [1.82, 2.24) is 0 Å². The van der Waals surface area contributed by atoms with E-state index in [-0.39, 0.29) is 0 Å². The lowest BCUT2D eigenvalue weighted by atomic mass is 9.74. The third kappa shape index (κ3) is 1.95. The van der Waals surface area contributed by atoms with Crippen molar-refractivity contribution in [2.75, 3.05) is 0 Å². The van der Waals surface area contributed by atoms with E-state index in [1.54, 1.807) is 0 Å². The van der Waals surface area contributed by atoms with Gasteiger partial charge in [-0.2, -0.15) is 0 Å². The van der Waals surface area contributed by atoms with E-state index in [1.807, 2.05) is 13.0 Å². The van der Waals surface area contributed by atoms with E-state index in [0.717, 1.165) is 24.2 Å². The summed E-state index contributed by atoms with van der Waals surface area (Å²) in [5.74, 6) is 1.97. The second-order valence-corrected chi connectivity index (χ2v) is 5.55. The average Bonchev–Trinajstić information content (AvgIpc) is 2.45. The Morgan fingerprint density at radius 3 is 2.87 bits per heavy atom. The summed E-state index contributed by atoms with van der Waals surface area (Å²) >= 11 is 4.19. The van der Waals surface area contributed by atoms with Crippen molar-refractivity contribution in [3.8, 4) is 0 Å². The van der Waals surface area contributed by atoms with Crippen LogP contribution in [0.4, 0.5) is 0 Å². The van der Waals surface area contributed by atoms with Gasteiger partial charge in [0, 0.05) is 12.0 Å². The number of aliphatic hydroxyl groups is 1. The van der Waals surface area contributed by atoms with Crippen LogP contribution < -0.4 is 0 Å². The molecule has 0 aliphatic heterocycles. The average molecular weight is 226 g/mol. The van der Waals surface area contributed by atoms with Crippen molar-refractivity contribution in [3.63, 3.8) is 0 Å². The molecule has 1 aliphatic carbocycles. The molecular formula is C12H18O2S. The molecule has 2 atom stereocenters. The van der Waals surface area contributed by atoms with Crippen LogP contribution in [0, 0.1) is 11.8 Å². The number of thiol groups is 1. The first-order valence-electron chi connectivity index (χ1n) is 5.44. The molecule has 0 spiro atoms. The molecule has 0 fully saturated rings. The zero-order valence-corrected chi connectivity index (χ0v) is 10.3. The molecule has 1 N–H and O–H groups in total. The Balaban J connectivity index is 2.39. The fraction of sp³-hybridized carbons (Fsp3) is 0.667. The predicted molar refractivity (Wildman–Crippen MR) is 62.2 cm³/mol. The Hall–Kier alpha value is -0.410. The van der Waals surface area contributed by atoms with Gasteiger partial charge < -0.3 is 9.52 Å². The van der Waals surface area contributed by atoms with Crippen LogP contribution in [-0.4, -0.2) is 5.11 Å². The summed E-state index contributed by atoms with van der Waals surface area (Å²) in [6.07, 6.45) is 1.73. The van der Waals surface area contributed by atoms with Crippen molar-refractivity contribution in [3.05, 3.63) is 17.4 Å². The van der Waals surface area contributed by atoms with E-state index in [9.17, 15) is 5.11 Å². The van der Waals surface area contributed by atoms with Crippen LogP contribution in [0.25, 0.3) is 0 Å². The first kappa shape index (κ1) is 11.1. The normalized spacial score (nSPS) is 30.7. The van der Waals surface area contributed by atoms with Crippen molar-refractivity contribution < 1.29 is 9.52 Å². The summed E-state index contributed by atoms with van der Waals surface area (Å²) in [6, 6.07) is 1.84. The highest BCUT2D eigenvalue weighted by atomic mass is 32.1. The third-order valence-corrected chi connectivity index (χ3v) is 3.65. The van der Waals surface area contributed by atoms with Crippen LogP contribution in [0.15, 0.2) is 15.6 Å². The molecule has 84 valence electrons. The molecule has 0 radical (unpaired) electrons. The molecule has 0 bridgehead atoms. The quantitative estimate of drug-likeness (QED) is 0.722.